The van der Waals surface area contributed by atoms with Gasteiger partial charge in [0.25, 0.3) is 5.91 Å². The highest BCUT2D eigenvalue weighted by molar-refractivity contribution is 5.92. The lowest BCUT2D eigenvalue weighted by Crippen LogP contribution is -2.52. The second kappa shape index (κ2) is 6.35. The zero-order chi connectivity index (χ0) is 17.3. The van der Waals surface area contributed by atoms with E-state index in [9.17, 15) is 9.90 Å². The van der Waals surface area contributed by atoms with Gasteiger partial charge in [0, 0.05) is 19.8 Å². The first-order valence-electron chi connectivity index (χ1n) is 8.28. The van der Waals surface area contributed by atoms with Crippen molar-refractivity contribution < 1.29 is 9.90 Å². The lowest BCUT2D eigenvalue weighted by Gasteiger charge is -2.38. The Labute approximate surface area is 141 Å². The van der Waals surface area contributed by atoms with Gasteiger partial charge in [-0.1, -0.05) is 19.1 Å². The number of piperidine rings is 1. The van der Waals surface area contributed by atoms with E-state index in [-0.39, 0.29) is 18.4 Å². The molecule has 1 amide bonds. The summed E-state index contributed by atoms with van der Waals surface area (Å²) in [5.41, 5.74) is 0.473. The summed E-state index contributed by atoms with van der Waals surface area (Å²) in [6.07, 6.45) is 4.69. The van der Waals surface area contributed by atoms with Crippen molar-refractivity contribution in [2.75, 3.05) is 13.1 Å². The molecule has 3 heterocycles. The Kier molecular flexibility index (Phi) is 4.40. The third-order valence-electron chi connectivity index (χ3n) is 4.48. The lowest BCUT2D eigenvalue weighted by atomic mass is 9.92. The standard InChI is InChI=1S/C16H24N6O2/c1-12(2)13-9-14(20(3)18-13)15(23)21-7-4-5-16(24,10-21)11-22-8-6-17-19-22/h6,8-9,12,24H,4-5,7,10-11H2,1-3H3. The molecule has 0 bridgehead atoms. The van der Waals surface area contributed by atoms with Crippen LogP contribution in [0.3, 0.4) is 0 Å². The van der Waals surface area contributed by atoms with Crippen LogP contribution in [0.15, 0.2) is 18.5 Å². The smallest absolute Gasteiger partial charge is 0.272 e. The van der Waals surface area contributed by atoms with Crippen molar-refractivity contribution in [1.82, 2.24) is 29.7 Å². The third-order valence-corrected chi connectivity index (χ3v) is 4.48. The normalized spacial score (nSPS) is 21.5. The highest BCUT2D eigenvalue weighted by Gasteiger charge is 2.37. The molecule has 0 radical (unpaired) electrons. The molecule has 1 aliphatic heterocycles. The topological polar surface area (TPSA) is 89.1 Å². The summed E-state index contributed by atoms with van der Waals surface area (Å²) in [5, 5.41) is 22.9. The number of carbonyl (C=O) groups excluding carboxylic acids is 1. The maximum Gasteiger partial charge on any atom is 0.272 e. The minimum absolute atomic E-state index is 0.0892. The van der Waals surface area contributed by atoms with Crippen molar-refractivity contribution in [3.63, 3.8) is 0 Å². The van der Waals surface area contributed by atoms with Gasteiger partial charge in [-0.2, -0.15) is 5.10 Å². The van der Waals surface area contributed by atoms with Crippen molar-refractivity contribution in [2.24, 2.45) is 7.05 Å². The first-order chi connectivity index (χ1) is 11.4. The average molecular weight is 332 g/mol. The number of aliphatic hydroxyl groups is 1. The van der Waals surface area contributed by atoms with Gasteiger partial charge in [0.2, 0.25) is 0 Å². The Morgan fingerprint density at radius 3 is 2.88 bits per heavy atom. The molecule has 2 aromatic rings. The molecule has 1 saturated heterocycles. The second-order valence-electron chi connectivity index (χ2n) is 6.89. The van der Waals surface area contributed by atoms with Crippen molar-refractivity contribution in [1.29, 1.82) is 0 Å². The van der Waals surface area contributed by atoms with Crippen LogP contribution in [0.5, 0.6) is 0 Å². The van der Waals surface area contributed by atoms with Gasteiger partial charge >= 0.3 is 0 Å². The molecule has 1 N–H and O–H groups in total. The van der Waals surface area contributed by atoms with Gasteiger partial charge < -0.3 is 10.0 Å². The van der Waals surface area contributed by atoms with E-state index in [1.807, 2.05) is 19.9 Å². The van der Waals surface area contributed by atoms with Crippen LogP contribution < -0.4 is 0 Å². The molecule has 8 nitrogen and oxygen atoms in total. The molecule has 3 rings (SSSR count). The van der Waals surface area contributed by atoms with Crippen LogP contribution in [0, 0.1) is 0 Å². The first kappa shape index (κ1) is 16.6. The summed E-state index contributed by atoms with van der Waals surface area (Å²) in [7, 11) is 1.78. The Morgan fingerprint density at radius 1 is 1.46 bits per heavy atom. The number of carbonyl (C=O) groups is 1. The molecule has 0 aliphatic carbocycles. The fourth-order valence-corrected chi connectivity index (χ4v) is 3.17. The monoisotopic (exact) mass is 332 g/mol. The predicted octanol–water partition coefficient (Wildman–Crippen LogP) is 0.802. The van der Waals surface area contributed by atoms with Crippen LogP contribution in [0.25, 0.3) is 0 Å². The van der Waals surface area contributed by atoms with Crippen molar-refractivity contribution in [3.05, 3.63) is 29.8 Å². The Balaban J connectivity index is 1.75. The number of β-amino-alcohol motifs (C(OH)–C–C–N with tert-alkyl or cyclic N) is 1. The number of aromatic nitrogens is 5. The number of hydrogen-bond donors (Lipinski definition) is 1. The number of amides is 1. The molecule has 0 saturated carbocycles. The molecule has 1 unspecified atom stereocenters. The van der Waals surface area contributed by atoms with Crippen LogP contribution in [-0.4, -0.2) is 59.4 Å². The molecule has 1 atom stereocenters. The number of nitrogens with zero attached hydrogens (tertiary/aromatic N) is 6. The van der Waals surface area contributed by atoms with E-state index in [2.05, 4.69) is 15.4 Å². The molecule has 0 spiro atoms. The van der Waals surface area contributed by atoms with Gasteiger partial charge in [-0.05, 0) is 24.8 Å². The summed E-state index contributed by atoms with van der Waals surface area (Å²) >= 11 is 0. The van der Waals surface area contributed by atoms with E-state index in [0.29, 0.717) is 25.2 Å². The van der Waals surface area contributed by atoms with Gasteiger partial charge in [-0.15, -0.1) is 5.10 Å². The van der Waals surface area contributed by atoms with E-state index >= 15 is 0 Å². The molecule has 8 heteroatoms. The number of rotatable bonds is 4. The zero-order valence-corrected chi connectivity index (χ0v) is 14.4. The number of hydrogen-bond acceptors (Lipinski definition) is 5. The molecular weight excluding hydrogens is 308 g/mol. The SMILES string of the molecule is CC(C)c1cc(C(=O)N2CCCC(O)(Cn3ccnn3)C2)n(C)n1. The third kappa shape index (κ3) is 3.33. The molecular formula is C16H24N6O2. The summed E-state index contributed by atoms with van der Waals surface area (Å²) in [6, 6.07) is 1.85. The van der Waals surface area contributed by atoms with Gasteiger partial charge in [-0.3, -0.25) is 9.48 Å². The Morgan fingerprint density at radius 2 is 2.25 bits per heavy atom. The minimum atomic E-state index is -0.985. The Hall–Kier alpha value is -2.22. The summed E-state index contributed by atoms with van der Waals surface area (Å²) in [4.78, 5) is 14.6. The number of aryl methyl sites for hydroxylation is 1. The second-order valence-corrected chi connectivity index (χ2v) is 6.89. The highest BCUT2D eigenvalue weighted by atomic mass is 16.3. The van der Waals surface area contributed by atoms with E-state index in [4.69, 9.17) is 0 Å². The van der Waals surface area contributed by atoms with Gasteiger partial charge in [0.1, 0.15) is 11.3 Å². The largest absolute Gasteiger partial charge is 0.386 e. The summed E-state index contributed by atoms with van der Waals surface area (Å²) in [5.74, 6) is 0.178. The van der Waals surface area contributed by atoms with Gasteiger partial charge in [-0.25, -0.2) is 4.68 Å². The van der Waals surface area contributed by atoms with Crippen LogP contribution in [0.1, 0.15) is 48.8 Å². The molecule has 24 heavy (non-hydrogen) atoms. The minimum Gasteiger partial charge on any atom is -0.386 e. The first-order valence-corrected chi connectivity index (χ1v) is 8.28. The zero-order valence-electron chi connectivity index (χ0n) is 14.4. The fourth-order valence-electron chi connectivity index (χ4n) is 3.17. The van der Waals surface area contributed by atoms with E-state index in [0.717, 1.165) is 12.1 Å². The maximum absolute atomic E-state index is 12.9. The molecule has 1 aliphatic rings. The van der Waals surface area contributed by atoms with Crippen molar-refractivity contribution in [2.45, 2.75) is 44.8 Å². The molecule has 0 aromatic carbocycles. The van der Waals surface area contributed by atoms with E-state index in [1.54, 1.807) is 33.7 Å². The summed E-state index contributed by atoms with van der Waals surface area (Å²) in [6.45, 7) is 5.36. The molecule has 1 fully saturated rings. The Bertz CT molecular complexity index is 708. The van der Waals surface area contributed by atoms with Crippen LogP contribution in [0.4, 0.5) is 0 Å². The predicted molar refractivity (Wildman–Crippen MR) is 87.4 cm³/mol. The number of likely N-dealkylation sites (tertiary alicyclic amines) is 1. The molecule has 130 valence electrons. The average Bonchev–Trinajstić information content (AvgIpc) is 3.15. The van der Waals surface area contributed by atoms with Crippen molar-refractivity contribution >= 4 is 5.91 Å². The highest BCUT2D eigenvalue weighted by Crippen LogP contribution is 2.25. The maximum atomic E-state index is 12.9. The summed E-state index contributed by atoms with van der Waals surface area (Å²) < 4.78 is 3.23. The quantitative estimate of drug-likeness (QED) is 0.895. The van der Waals surface area contributed by atoms with Gasteiger partial charge in [0.15, 0.2) is 0 Å². The van der Waals surface area contributed by atoms with Crippen LogP contribution in [-0.2, 0) is 13.6 Å². The van der Waals surface area contributed by atoms with Gasteiger partial charge in [0.05, 0.1) is 25.0 Å². The van der Waals surface area contributed by atoms with Crippen LogP contribution >= 0.6 is 0 Å². The van der Waals surface area contributed by atoms with E-state index in [1.165, 1.54) is 0 Å². The van der Waals surface area contributed by atoms with Crippen LogP contribution in [0.2, 0.25) is 0 Å². The molecule has 2 aromatic heterocycles. The fraction of sp³-hybridized carbons (Fsp3) is 0.625. The van der Waals surface area contributed by atoms with E-state index < -0.39 is 5.60 Å². The van der Waals surface area contributed by atoms with Crippen molar-refractivity contribution in [3.8, 4) is 0 Å². The lowest BCUT2D eigenvalue weighted by molar-refractivity contribution is -0.0389.